The Hall–Kier alpha value is -1.37. The number of hydrogen-bond donors (Lipinski definition) is 1. The van der Waals surface area contributed by atoms with E-state index in [1.165, 1.54) is 0 Å². The predicted octanol–water partition coefficient (Wildman–Crippen LogP) is -0.678. The summed E-state index contributed by atoms with van der Waals surface area (Å²) in [6, 6.07) is 1.85. The van der Waals surface area contributed by atoms with E-state index in [1.807, 2.05) is 6.07 Å². The van der Waals surface area contributed by atoms with Crippen LogP contribution in [0.25, 0.3) is 0 Å². The van der Waals surface area contributed by atoms with E-state index >= 15 is 0 Å². The van der Waals surface area contributed by atoms with Crippen molar-refractivity contribution in [2.24, 2.45) is 15.7 Å². The Morgan fingerprint density at radius 3 is 2.56 bits per heavy atom. The van der Waals surface area contributed by atoms with Crippen molar-refractivity contribution in [1.29, 1.82) is 5.26 Å². The summed E-state index contributed by atoms with van der Waals surface area (Å²) in [5, 5.41) is 8.32. The van der Waals surface area contributed by atoms with Crippen LogP contribution in [-0.2, 0) is 0 Å². The van der Waals surface area contributed by atoms with Gasteiger partial charge >= 0.3 is 0 Å². The Bertz CT molecular complexity index is 207. The van der Waals surface area contributed by atoms with Gasteiger partial charge in [-0.15, -0.1) is 0 Å². The lowest BCUT2D eigenvalue weighted by molar-refractivity contribution is 0.962. The lowest BCUT2D eigenvalue weighted by atomic mass is 10.3. The van der Waals surface area contributed by atoms with Crippen LogP contribution >= 0.6 is 0 Å². The van der Waals surface area contributed by atoms with Gasteiger partial charge in [0.15, 0.2) is 11.5 Å². The molecule has 0 unspecified atom stereocenters. The number of rotatable bonds is 0. The van der Waals surface area contributed by atoms with Crippen molar-refractivity contribution >= 4 is 11.5 Å². The van der Waals surface area contributed by atoms with Crippen molar-refractivity contribution in [3.63, 3.8) is 0 Å². The molecule has 0 fully saturated rings. The van der Waals surface area contributed by atoms with Gasteiger partial charge in [-0.3, -0.25) is 9.98 Å². The van der Waals surface area contributed by atoms with Gasteiger partial charge in [-0.1, -0.05) is 0 Å². The number of nitriles is 1. The van der Waals surface area contributed by atoms with Gasteiger partial charge in [0, 0.05) is 0 Å². The molecule has 0 bridgehead atoms. The molecule has 0 aliphatic carbocycles. The fourth-order valence-electron chi connectivity index (χ4n) is 0.581. The summed E-state index contributed by atoms with van der Waals surface area (Å²) in [6.07, 6.45) is 0. The van der Waals surface area contributed by atoms with E-state index in [0.29, 0.717) is 13.1 Å². The van der Waals surface area contributed by atoms with Crippen molar-refractivity contribution in [3.05, 3.63) is 0 Å². The summed E-state index contributed by atoms with van der Waals surface area (Å²) in [4.78, 5) is 7.65. The zero-order valence-corrected chi connectivity index (χ0v) is 4.83. The molecule has 0 aromatic heterocycles. The quantitative estimate of drug-likeness (QED) is 0.462. The molecule has 0 amide bonds. The highest BCUT2D eigenvalue weighted by Gasteiger charge is 2.05. The number of aliphatic imine (C=N–C) groups is 2. The highest BCUT2D eigenvalue weighted by atomic mass is 15.0. The molecule has 1 aliphatic heterocycles. The Kier molecular flexibility index (Phi) is 1.45. The second-order valence-corrected chi connectivity index (χ2v) is 1.61. The summed E-state index contributed by atoms with van der Waals surface area (Å²) in [7, 11) is 0. The number of hydrogen-bond acceptors (Lipinski definition) is 4. The van der Waals surface area contributed by atoms with E-state index in [1.54, 1.807) is 0 Å². The van der Waals surface area contributed by atoms with Gasteiger partial charge in [0.2, 0.25) is 0 Å². The van der Waals surface area contributed by atoms with Crippen molar-refractivity contribution in [2.75, 3.05) is 13.1 Å². The van der Waals surface area contributed by atoms with Crippen LogP contribution in [0.2, 0.25) is 0 Å². The van der Waals surface area contributed by atoms with Crippen LogP contribution < -0.4 is 5.73 Å². The maximum absolute atomic E-state index is 8.32. The third kappa shape index (κ3) is 1.05. The van der Waals surface area contributed by atoms with Crippen molar-refractivity contribution in [3.8, 4) is 6.07 Å². The Labute approximate surface area is 52.7 Å². The van der Waals surface area contributed by atoms with Gasteiger partial charge in [0.05, 0.1) is 13.1 Å². The van der Waals surface area contributed by atoms with Crippen LogP contribution in [0.5, 0.6) is 0 Å². The van der Waals surface area contributed by atoms with Gasteiger partial charge < -0.3 is 5.73 Å². The first-order valence-electron chi connectivity index (χ1n) is 2.59. The van der Waals surface area contributed by atoms with Crippen LogP contribution in [0.4, 0.5) is 0 Å². The molecule has 1 rings (SSSR count). The molecule has 1 heterocycles. The lowest BCUT2D eigenvalue weighted by Gasteiger charge is -2.01. The minimum atomic E-state index is 0.265. The van der Waals surface area contributed by atoms with Crippen LogP contribution in [0, 0.1) is 11.3 Å². The third-order valence-corrected chi connectivity index (χ3v) is 1.00. The monoisotopic (exact) mass is 122 g/mol. The Morgan fingerprint density at radius 1 is 1.44 bits per heavy atom. The predicted molar refractivity (Wildman–Crippen MR) is 34.4 cm³/mol. The van der Waals surface area contributed by atoms with E-state index in [0.717, 1.165) is 0 Å². The molecule has 46 valence electrons. The zero-order chi connectivity index (χ0) is 6.69. The van der Waals surface area contributed by atoms with Crippen LogP contribution in [0.1, 0.15) is 0 Å². The highest BCUT2D eigenvalue weighted by molar-refractivity contribution is 6.47. The van der Waals surface area contributed by atoms with E-state index in [4.69, 9.17) is 11.0 Å². The molecule has 2 N–H and O–H groups in total. The second-order valence-electron chi connectivity index (χ2n) is 1.61. The molecule has 9 heavy (non-hydrogen) atoms. The Morgan fingerprint density at radius 2 is 2.11 bits per heavy atom. The van der Waals surface area contributed by atoms with Gasteiger partial charge in [0.1, 0.15) is 6.07 Å². The maximum Gasteiger partial charge on any atom is 0.177 e. The SMILES string of the molecule is N#CC1=NCCN=C1N. The topological polar surface area (TPSA) is 74.5 Å². The number of nitrogens with zero attached hydrogens (tertiary/aromatic N) is 3. The molecule has 0 radical (unpaired) electrons. The Balaban J connectivity index is 2.83. The van der Waals surface area contributed by atoms with Crippen molar-refractivity contribution in [2.45, 2.75) is 0 Å². The molecule has 0 atom stereocenters. The summed E-state index contributed by atoms with van der Waals surface area (Å²) in [6.45, 7) is 1.20. The molecule has 1 aliphatic rings. The summed E-state index contributed by atoms with van der Waals surface area (Å²) in [5.41, 5.74) is 5.55. The molecular weight excluding hydrogens is 116 g/mol. The number of nitrogens with two attached hydrogens (primary N) is 1. The maximum atomic E-state index is 8.32. The standard InChI is InChI=1S/C5H6N4/c6-3-4-5(7)9-2-1-8-4/h1-2H2,(H2,7,9). The average Bonchev–Trinajstić information content (AvgIpc) is 1.89. The first-order valence-corrected chi connectivity index (χ1v) is 2.59. The molecule has 0 saturated carbocycles. The second kappa shape index (κ2) is 2.27. The summed E-state index contributed by atoms with van der Waals surface area (Å²) < 4.78 is 0. The average molecular weight is 122 g/mol. The van der Waals surface area contributed by atoms with E-state index in [-0.39, 0.29) is 11.5 Å². The van der Waals surface area contributed by atoms with Crippen molar-refractivity contribution < 1.29 is 0 Å². The molecule has 0 spiro atoms. The van der Waals surface area contributed by atoms with Gasteiger partial charge in [-0.2, -0.15) is 5.26 Å². The van der Waals surface area contributed by atoms with E-state index in [2.05, 4.69) is 9.98 Å². The fourth-order valence-corrected chi connectivity index (χ4v) is 0.581. The van der Waals surface area contributed by atoms with Gasteiger partial charge in [0.25, 0.3) is 0 Å². The largest absolute Gasteiger partial charge is 0.382 e. The first-order chi connectivity index (χ1) is 4.34. The van der Waals surface area contributed by atoms with Crippen LogP contribution in [-0.4, -0.2) is 24.6 Å². The van der Waals surface area contributed by atoms with Crippen LogP contribution in [0.3, 0.4) is 0 Å². The smallest absolute Gasteiger partial charge is 0.177 e. The minimum absolute atomic E-state index is 0.265. The molecule has 0 aromatic rings. The molecule has 0 saturated heterocycles. The molecule has 0 aromatic carbocycles. The lowest BCUT2D eigenvalue weighted by Crippen LogP contribution is -2.26. The van der Waals surface area contributed by atoms with Crippen molar-refractivity contribution in [1.82, 2.24) is 0 Å². The fraction of sp³-hybridized carbons (Fsp3) is 0.400. The molecule has 4 nitrogen and oxygen atoms in total. The summed E-state index contributed by atoms with van der Waals surface area (Å²) >= 11 is 0. The third-order valence-electron chi connectivity index (χ3n) is 1.00. The first kappa shape index (κ1) is 5.76. The van der Waals surface area contributed by atoms with E-state index in [9.17, 15) is 0 Å². The van der Waals surface area contributed by atoms with E-state index < -0.39 is 0 Å². The molecule has 4 heteroatoms. The molecular formula is C5H6N4. The summed E-state index contributed by atoms with van der Waals surface area (Å²) in [5.74, 6) is 0.267. The number of amidine groups is 1. The zero-order valence-electron chi connectivity index (χ0n) is 4.83. The highest BCUT2D eigenvalue weighted by Crippen LogP contribution is 1.87. The van der Waals surface area contributed by atoms with Gasteiger partial charge in [-0.05, 0) is 0 Å². The van der Waals surface area contributed by atoms with Crippen LogP contribution in [0.15, 0.2) is 9.98 Å². The minimum Gasteiger partial charge on any atom is -0.382 e. The van der Waals surface area contributed by atoms with Gasteiger partial charge in [-0.25, -0.2) is 0 Å². The normalized spacial score (nSPS) is 17.7.